The van der Waals surface area contributed by atoms with Crippen molar-refractivity contribution in [1.29, 1.82) is 0 Å². The van der Waals surface area contributed by atoms with Crippen molar-refractivity contribution in [2.45, 2.75) is 44.7 Å². The molecule has 1 aliphatic carbocycles. The summed E-state index contributed by atoms with van der Waals surface area (Å²) in [5, 5.41) is 3.01. The number of hydrogen-bond donors (Lipinski definition) is 1. The van der Waals surface area contributed by atoms with Crippen LogP contribution >= 0.6 is 11.6 Å². The van der Waals surface area contributed by atoms with Crippen molar-refractivity contribution >= 4 is 34.2 Å². The number of ether oxygens (including phenoxy) is 1. The van der Waals surface area contributed by atoms with Gasteiger partial charge >= 0.3 is 5.69 Å². The number of halogens is 3. The van der Waals surface area contributed by atoms with E-state index < -0.39 is 18.0 Å². The van der Waals surface area contributed by atoms with Gasteiger partial charge in [-0.1, -0.05) is 23.7 Å². The molecule has 3 aromatic heterocycles. The Hall–Kier alpha value is -3.83. The molecule has 0 radical (unpaired) electrons. The maximum absolute atomic E-state index is 13.9. The second-order valence-electron chi connectivity index (χ2n) is 10.8. The van der Waals surface area contributed by atoms with E-state index in [9.17, 15) is 18.4 Å². The lowest BCUT2D eigenvalue weighted by atomic mass is 9.85. The number of hydrogen-bond acceptors (Lipinski definition) is 6. The van der Waals surface area contributed by atoms with E-state index >= 15 is 0 Å². The van der Waals surface area contributed by atoms with Crippen LogP contribution < -0.4 is 15.9 Å². The Balaban J connectivity index is 1.17. The molecule has 42 heavy (non-hydrogen) atoms. The molecule has 2 aliphatic rings. The first-order chi connectivity index (χ1) is 20.4. The van der Waals surface area contributed by atoms with Crippen LogP contribution in [0.25, 0.3) is 16.7 Å². The zero-order valence-corrected chi connectivity index (χ0v) is 23.6. The number of nitrogens with zero attached hydrogens (tertiary/aromatic N) is 5. The topological polar surface area (TPSA) is 94.3 Å². The van der Waals surface area contributed by atoms with Gasteiger partial charge < -0.3 is 15.0 Å². The first-order valence-electron chi connectivity index (χ1n) is 14.1. The summed E-state index contributed by atoms with van der Waals surface area (Å²) in [4.78, 5) is 37.0. The molecule has 2 fully saturated rings. The number of alkyl halides is 2. The van der Waals surface area contributed by atoms with Gasteiger partial charge in [0.25, 0.3) is 12.3 Å². The molecule has 0 unspecified atom stereocenters. The number of fused-ring (bicyclic) bond motifs is 1. The zero-order valence-electron chi connectivity index (χ0n) is 22.9. The van der Waals surface area contributed by atoms with Crippen LogP contribution in [0.5, 0.6) is 0 Å². The van der Waals surface area contributed by atoms with E-state index in [1.54, 1.807) is 10.8 Å². The largest absolute Gasteiger partial charge is 0.378 e. The highest BCUT2D eigenvalue weighted by Crippen LogP contribution is 2.29. The molecule has 6 rings (SSSR count). The van der Waals surface area contributed by atoms with Gasteiger partial charge in [0.2, 0.25) is 0 Å². The predicted molar refractivity (Wildman–Crippen MR) is 156 cm³/mol. The Morgan fingerprint density at radius 1 is 1.02 bits per heavy atom. The van der Waals surface area contributed by atoms with Gasteiger partial charge in [-0.2, -0.15) is 0 Å². The van der Waals surface area contributed by atoms with Crippen LogP contribution in [0.3, 0.4) is 0 Å². The summed E-state index contributed by atoms with van der Waals surface area (Å²) < 4.78 is 35.8. The number of rotatable bonds is 7. The molecule has 9 nitrogen and oxygen atoms in total. The number of amides is 1. The summed E-state index contributed by atoms with van der Waals surface area (Å²) in [5.74, 6) is -0.381. The van der Waals surface area contributed by atoms with Gasteiger partial charge in [-0.25, -0.2) is 13.6 Å². The van der Waals surface area contributed by atoms with Gasteiger partial charge in [-0.05, 0) is 55.9 Å². The fourth-order valence-electron chi connectivity index (χ4n) is 5.98. The summed E-state index contributed by atoms with van der Waals surface area (Å²) in [5.41, 5.74) is 2.42. The molecular formula is C30H31ClF2N6O3. The van der Waals surface area contributed by atoms with Crippen molar-refractivity contribution in [1.82, 2.24) is 24.4 Å². The van der Waals surface area contributed by atoms with E-state index in [4.69, 9.17) is 16.3 Å². The number of morpholine rings is 1. The number of para-hydroxylation sites is 2. The fraction of sp³-hybridized carbons (Fsp3) is 0.400. The lowest BCUT2D eigenvalue weighted by molar-refractivity contribution is 0.0904. The molecule has 0 bridgehead atoms. The minimum atomic E-state index is -2.88. The van der Waals surface area contributed by atoms with E-state index in [1.807, 2.05) is 41.1 Å². The minimum Gasteiger partial charge on any atom is -0.378 e. The minimum absolute atomic E-state index is 0.125. The molecule has 4 aromatic rings. The Bertz CT molecular complexity index is 1640. The van der Waals surface area contributed by atoms with Crippen molar-refractivity contribution in [2.24, 2.45) is 5.92 Å². The third-order valence-electron chi connectivity index (χ3n) is 8.14. The summed E-state index contributed by atoms with van der Waals surface area (Å²) in [6.45, 7) is 3.40. The Morgan fingerprint density at radius 2 is 1.74 bits per heavy atom. The molecule has 1 saturated heterocycles. The lowest BCUT2D eigenvalue weighted by Crippen LogP contribution is -2.39. The SMILES string of the molecule is O=C(N[C@H]1CC[C@H](Cn2c(=O)n(-c3cncc(N4CCOCC4)c3)c3ccccc32)CC1)c1cc(Cl)cnc1C(F)F. The van der Waals surface area contributed by atoms with Gasteiger partial charge in [0.05, 0.1) is 58.6 Å². The number of imidazole rings is 1. The van der Waals surface area contributed by atoms with Crippen molar-refractivity contribution in [3.63, 3.8) is 0 Å². The van der Waals surface area contributed by atoms with E-state index in [2.05, 4.69) is 20.2 Å². The van der Waals surface area contributed by atoms with E-state index in [1.165, 1.54) is 6.07 Å². The molecule has 1 amide bonds. The van der Waals surface area contributed by atoms with E-state index in [0.29, 0.717) is 38.3 Å². The van der Waals surface area contributed by atoms with Crippen LogP contribution in [0.15, 0.2) is 59.8 Å². The number of pyridine rings is 2. The second kappa shape index (κ2) is 12.2. The molecular weight excluding hydrogens is 566 g/mol. The highest BCUT2D eigenvalue weighted by molar-refractivity contribution is 6.30. The molecule has 0 atom stereocenters. The number of anilines is 1. The zero-order chi connectivity index (χ0) is 29.2. The molecule has 1 N–H and O–H groups in total. The molecule has 220 valence electrons. The average Bonchev–Trinajstić information content (AvgIpc) is 3.29. The summed E-state index contributed by atoms with van der Waals surface area (Å²) in [6, 6.07) is 10.8. The van der Waals surface area contributed by atoms with Crippen LogP contribution in [0.4, 0.5) is 14.5 Å². The van der Waals surface area contributed by atoms with E-state index in [0.717, 1.165) is 48.8 Å². The Morgan fingerprint density at radius 3 is 2.48 bits per heavy atom. The molecule has 4 heterocycles. The average molecular weight is 597 g/mol. The smallest absolute Gasteiger partial charge is 0.333 e. The molecule has 0 spiro atoms. The van der Waals surface area contributed by atoms with Crippen molar-refractivity contribution in [3.8, 4) is 5.69 Å². The van der Waals surface area contributed by atoms with Gasteiger partial charge in [0.15, 0.2) is 0 Å². The van der Waals surface area contributed by atoms with Gasteiger partial charge in [-0.15, -0.1) is 0 Å². The van der Waals surface area contributed by atoms with Crippen LogP contribution in [0, 0.1) is 5.92 Å². The van der Waals surface area contributed by atoms with Crippen molar-refractivity contribution in [3.05, 3.63) is 81.8 Å². The maximum Gasteiger partial charge on any atom is 0.333 e. The number of aromatic nitrogens is 4. The van der Waals surface area contributed by atoms with Crippen molar-refractivity contribution in [2.75, 3.05) is 31.2 Å². The molecule has 1 saturated carbocycles. The highest BCUT2D eigenvalue weighted by atomic mass is 35.5. The number of carbonyl (C=O) groups excluding carboxylic acids is 1. The van der Waals surface area contributed by atoms with Crippen LogP contribution in [-0.2, 0) is 11.3 Å². The van der Waals surface area contributed by atoms with Crippen LogP contribution in [0.1, 0.15) is 48.2 Å². The summed E-state index contributed by atoms with van der Waals surface area (Å²) in [6.07, 6.45) is 4.66. The monoisotopic (exact) mass is 596 g/mol. The van der Waals surface area contributed by atoms with Crippen molar-refractivity contribution < 1.29 is 18.3 Å². The number of carbonyl (C=O) groups is 1. The third-order valence-corrected chi connectivity index (χ3v) is 8.35. The molecule has 1 aliphatic heterocycles. The number of benzene rings is 1. The quantitative estimate of drug-likeness (QED) is 0.323. The second-order valence-corrected chi connectivity index (χ2v) is 11.2. The molecule has 1 aromatic carbocycles. The van der Waals surface area contributed by atoms with Gasteiger partial charge in [-0.3, -0.25) is 23.9 Å². The number of nitrogens with one attached hydrogen (secondary N) is 1. The fourth-order valence-corrected chi connectivity index (χ4v) is 6.14. The van der Waals surface area contributed by atoms with Gasteiger partial charge in [0.1, 0.15) is 5.69 Å². The Kier molecular flexibility index (Phi) is 8.21. The summed E-state index contributed by atoms with van der Waals surface area (Å²) in [7, 11) is 0. The first-order valence-corrected chi connectivity index (χ1v) is 14.5. The first kappa shape index (κ1) is 28.3. The predicted octanol–water partition coefficient (Wildman–Crippen LogP) is 5.00. The normalized spacial score (nSPS) is 19.4. The van der Waals surface area contributed by atoms with Crippen LogP contribution in [0.2, 0.25) is 5.02 Å². The third kappa shape index (κ3) is 5.76. The highest BCUT2D eigenvalue weighted by Gasteiger charge is 2.27. The summed E-state index contributed by atoms with van der Waals surface area (Å²) >= 11 is 5.92. The standard InChI is InChI=1S/C30H31ClF2N6O3/c31-20-13-24(27(28(32)33)35-15-20)29(40)36-21-7-5-19(6-8-21)18-38-25-3-1-2-4-26(25)39(30(38)41)23-14-22(16-34-17-23)37-9-11-42-12-10-37/h1-4,13-17,19,21,28H,5-12,18H2,(H,36,40)/t19-,21-. The van der Waals surface area contributed by atoms with Gasteiger partial charge in [0, 0.05) is 31.9 Å². The Labute approximate surface area is 246 Å². The van der Waals surface area contributed by atoms with E-state index in [-0.39, 0.29) is 28.2 Å². The lowest BCUT2D eigenvalue weighted by Gasteiger charge is -2.29. The van der Waals surface area contributed by atoms with Crippen LogP contribution in [-0.4, -0.2) is 57.4 Å². The maximum atomic E-state index is 13.9. The molecule has 12 heteroatoms.